The lowest BCUT2D eigenvalue weighted by atomic mass is 10.1. The predicted molar refractivity (Wildman–Crippen MR) is 72.8 cm³/mol. The summed E-state index contributed by atoms with van der Waals surface area (Å²) in [5.41, 5.74) is 9.98. The summed E-state index contributed by atoms with van der Waals surface area (Å²) in [4.78, 5) is 17.0. The van der Waals surface area contributed by atoms with E-state index >= 15 is 0 Å². The Morgan fingerprint density at radius 2 is 1.88 bits per heavy atom. The fourth-order valence-corrected chi connectivity index (χ4v) is 1.22. The molecule has 1 aliphatic rings. The van der Waals surface area contributed by atoms with Gasteiger partial charge in [0.2, 0.25) is 0 Å². The molecule has 0 bridgehead atoms. The van der Waals surface area contributed by atoms with Crippen molar-refractivity contribution >= 4 is 36.0 Å². The van der Waals surface area contributed by atoms with Crippen molar-refractivity contribution in [2.75, 3.05) is 13.1 Å². The second kappa shape index (κ2) is 5.55. The van der Waals surface area contributed by atoms with Gasteiger partial charge < -0.3 is 21.1 Å². The highest BCUT2D eigenvalue weighted by Gasteiger charge is 2.33. The van der Waals surface area contributed by atoms with E-state index in [2.05, 4.69) is 4.99 Å². The predicted octanol–water partition coefficient (Wildman–Crippen LogP) is 0.497. The first-order valence-electron chi connectivity index (χ1n) is 4.84. The van der Waals surface area contributed by atoms with Crippen LogP contribution in [0.3, 0.4) is 0 Å². The number of halogens is 1. The Morgan fingerprint density at radius 1 is 1.38 bits per heavy atom. The molecule has 0 aromatic carbocycles. The van der Waals surface area contributed by atoms with E-state index in [9.17, 15) is 4.79 Å². The van der Waals surface area contributed by atoms with E-state index in [1.165, 1.54) is 0 Å². The number of rotatable bonds is 1. The summed E-state index contributed by atoms with van der Waals surface area (Å²) in [5.74, 6) is 0.0591. The number of carbonyl (C=O) groups excluding carboxylic acids is 1. The number of nitrogens with two attached hydrogens (primary N) is 2. The van der Waals surface area contributed by atoms with Crippen molar-refractivity contribution in [1.82, 2.24) is 4.90 Å². The van der Waals surface area contributed by atoms with Crippen LogP contribution in [0.5, 0.6) is 0 Å². The van der Waals surface area contributed by atoms with Gasteiger partial charge in [0.15, 0.2) is 5.96 Å². The zero-order valence-electron chi connectivity index (χ0n) is 9.77. The molecule has 1 heterocycles. The summed E-state index contributed by atoms with van der Waals surface area (Å²) in [6, 6.07) is 0.0162. The van der Waals surface area contributed by atoms with Gasteiger partial charge in [0, 0.05) is 13.1 Å². The summed E-state index contributed by atoms with van der Waals surface area (Å²) in [6.07, 6.45) is -0.315. The molecule has 94 valence electrons. The number of hydrogen-bond donors (Lipinski definition) is 2. The average molecular weight is 342 g/mol. The van der Waals surface area contributed by atoms with Crippen LogP contribution < -0.4 is 11.5 Å². The molecule has 4 N–H and O–H groups in total. The number of amides is 1. The van der Waals surface area contributed by atoms with Crippen LogP contribution in [0, 0.1) is 0 Å². The van der Waals surface area contributed by atoms with E-state index in [1.807, 2.05) is 20.8 Å². The minimum absolute atomic E-state index is 0. The molecule has 0 aromatic rings. The van der Waals surface area contributed by atoms with Crippen molar-refractivity contribution < 1.29 is 9.53 Å². The molecule has 0 saturated carbocycles. The van der Waals surface area contributed by atoms with Crippen LogP contribution >= 0.6 is 24.0 Å². The molecule has 1 fully saturated rings. The van der Waals surface area contributed by atoms with Crippen molar-refractivity contribution in [1.29, 1.82) is 0 Å². The Kier molecular flexibility index (Phi) is 5.30. The molecule has 0 spiro atoms. The standard InChI is InChI=1S/C9H18N4O2.HI/c1-9(2,3)15-8(14)13-4-6(5-13)12-7(10)11;/h6H,4-5H2,1-3H3,(H4,10,11,12);1H. The maximum Gasteiger partial charge on any atom is 0.410 e. The van der Waals surface area contributed by atoms with E-state index < -0.39 is 5.60 Å². The molecule has 1 saturated heterocycles. The fourth-order valence-electron chi connectivity index (χ4n) is 1.22. The van der Waals surface area contributed by atoms with E-state index in [0.29, 0.717) is 13.1 Å². The van der Waals surface area contributed by atoms with Crippen molar-refractivity contribution in [3.05, 3.63) is 0 Å². The lowest BCUT2D eigenvalue weighted by Gasteiger charge is -2.37. The molecule has 0 unspecified atom stereocenters. The smallest absolute Gasteiger partial charge is 0.410 e. The van der Waals surface area contributed by atoms with Crippen molar-refractivity contribution in [3.63, 3.8) is 0 Å². The zero-order valence-corrected chi connectivity index (χ0v) is 12.1. The summed E-state index contributed by atoms with van der Waals surface area (Å²) in [6.45, 7) is 6.54. The van der Waals surface area contributed by atoms with Crippen molar-refractivity contribution in [3.8, 4) is 0 Å². The van der Waals surface area contributed by atoms with Gasteiger partial charge in [-0.15, -0.1) is 24.0 Å². The number of carbonyl (C=O) groups is 1. The number of nitrogens with zero attached hydrogens (tertiary/aromatic N) is 2. The maximum absolute atomic E-state index is 11.5. The molecule has 0 aromatic heterocycles. The molecule has 1 rings (SSSR count). The number of guanidine groups is 1. The lowest BCUT2D eigenvalue weighted by molar-refractivity contribution is 0.00904. The molecule has 7 heteroatoms. The summed E-state index contributed by atoms with van der Waals surface area (Å²) in [7, 11) is 0. The monoisotopic (exact) mass is 342 g/mol. The molecule has 16 heavy (non-hydrogen) atoms. The van der Waals surface area contributed by atoms with Crippen LogP contribution in [-0.2, 0) is 4.74 Å². The third-order valence-corrected chi connectivity index (χ3v) is 1.85. The fraction of sp³-hybridized carbons (Fsp3) is 0.778. The van der Waals surface area contributed by atoms with Gasteiger partial charge in [-0.05, 0) is 20.8 Å². The molecular formula is C9H19IN4O2. The van der Waals surface area contributed by atoms with E-state index in [-0.39, 0.29) is 42.1 Å². The van der Waals surface area contributed by atoms with Gasteiger partial charge in [-0.2, -0.15) is 0 Å². The Balaban J connectivity index is 0.00000225. The van der Waals surface area contributed by atoms with Gasteiger partial charge in [-0.3, -0.25) is 0 Å². The second-order valence-electron chi connectivity index (χ2n) is 4.59. The van der Waals surface area contributed by atoms with Gasteiger partial charge in [-0.25, -0.2) is 9.79 Å². The quantitative estimate of drug-likeness (QED) is 0.412. The highest BCUT2D eigenvalue weighted by Crippen LogP contribution is 2.16. The minimum Gasteiger partial charge on any atom is -0.444 e. The summed E-state index contributed by atoms with van der Waals surface area (Å²) in [5, 5.41) is 0. The summed E-state index contributed by atoms with van der Waals surface area (Å²) < 4.78 is 5.17. The number of ether oxygens (including phenoxy) is 1. The third-order valence-electron chi connectivity index (χ3n) is 1.85. The second-order valence-corrected chi connectivity index (χ2v) is 4.59. The van der Waals surface area contributed by atoms with Gasteiger partial charge >= 0.3 is 6.09 Å². The first kappa shape index (κ1) is 15.3. The average Bonchev–Trinajstić information content (AvgIpc) is 1.91. The number of hydrogen-bond acceptors (Lipinski definition) is 3. The Labute approximate surface area is 112 Å². The molecular weight excluding hydrogens is 323 g/mol. The van der Waals surface area contributed by atoms with Gasteiger partial charge in [0.1, 0.15) is 5.60 Å². The van der Waals surface area contributed by atoms with Crippen molar-refractivity contribution in [2.24, 2.45) is 16.5 Å². The van der Waals surface area contributed by atoms with Crippen molar-refractivity contribution in [2.45, 2.75) is 32.4 Å². The van der Waals surface area contributed by atoms with Crippen LogP contribution in [0.4, 0.5) is 4.79 Å². The van der Waals surface area contributed by atoms with Crippen LogP contribution in [0.2, 0.25) is 0 Å². The van der Waals surface area contributed by atoms with E-state index in [0.717, 1.165) is 0 Å². The number of likely N-dealkylation sites (tertiary alicyclic amines) is 1. The van der Waals surface area contributed by atoms with E-state index in [1.54, 1.807) is 4.90 Å². The largest absolute Gasteiger partial charge is 0.444 e. The van der Waals surface area contributed by atoms with Crippen LogP contribution in [0.15, 0.2) is 4.99 Å². The van der Waals surface area contributed by atoms with Gasteiger partial charge in [0.05, 0.1) is 6.04 Å². The molecule has 0 aliphatic carbocycles. The maximum atomic E-state index is 11.5. The number of aliphatic imine (C=N–C) groups is 1. The normalized spacial score (nSPS) is 15.8. The first-order valence-corrected chi connectivity index (χ1v) is 4.84. The van der Waals surface area contributed by atoms with Gasteiger partial charge in [-0.1, -0.05) is 0 Å². The molecule has 1 amide bonds. The molecule has 6 nitrogen and oxygen atoms in total. The van der Waals surface area contributed by atoms with Crippen LogP contribution in [0.1, 0.15) is 20.8 Å². The Bertz CT molecular complexity index is 278. The Morgan fingerprint density at radius 3 is 2.25 bits per heavy atom. The topological polar surface area (TPSA) is 93.9 Å². The van der Waals surface area contributed by atoms with E-state index in [4.69, 9.17) is 16.2 Å². The van der Waals surface area contributed by atoms with Crippen LogP contribution in [-0.4, -0.2) is 41.7 Å². The minimum atomic E-state index is -0.460. The highest BCUT2D eigenvalue weighted by atomic mass is 127. The first-order chi connectivity index (χ1) is 6.78. The lowest BCUT2D eigenvalue weighted by Crippen LogP contribution is -2.54. The molecule has 0 atom stereocenters. The third kappa shape index (κ3) is 4.86. The summed E-state index contributed by atoms with van der Waals surface area (Å²) >= 11 is 0. The molecule has 0 radical (unpaired) electrons. The Hall–Kier alpha value is -0.730. The molecule has 1 aliphatic heterocycles. The van der Waals surface area contributed by atoms with Gasteiger partial charge in [0.25, 0.3) is 0 Å². The highest BCUT2D eigenvalue weighted by molar-refractivity contribution is 14.0. The van der Waals surface area contributed by atoms with Crippen LogP contribution in [0.25, 0.3) is 0 Å². The SMILES string of the molecule is CC(C)(C)OC(=O)N1CC(N=C(N)N)C1.I. The zero-order chi connectivity index (χ0) is 11.6.